The highest BCUT2D eigenvalue weighted by Crippen LogP contribution is 2.44. The highest BCUT2D eigenvalue weighted by molar-refractivity contribution is 7.92. The van der Waals surface area contributed by atoms with Crippen molar-refractivity contribution in [2.75, 3.05) is 17.5 Å². The SMILES string of the molecule is Cc1ccc(S(=O)(=O)N2C/C=C(/c3ccccc3)CO[C@H](c3ccccc3)c3oc4ccccc4c32)cc1. The molecule has 190 valence electrons. The summed E-state index contributed by atoms with van der Waals surface area (Å²) in [5, 5.41) is 0.722. The van der Waals surface area contributed by atoms with Gasteiger partial charge < -0.3 is 9.15 Å². The van der Waals surface area contributed by atoms with E-state index in [0.717, 1.165) is 27.6 Å². The number of ether oxygens (including phenoxy) is 1. The third kappa shape index (κ3) is 4.42. The van der Waals surface area contributed by atoms with Crippen LogP contribution in [0.1, 0.15) is 28.6 Å². The maximum atomic E-state index is 14.3. The van der Waals surface area contributed by atoms with Gasteiger partial charge in [0.15, 0.2) is 5.76 Å². The quantitative estimate of drug-likeness (QED) is 0.252. The van der Waals surface area contributed by atoms with E-state index >= 15 is 0 Å². The number of nitrogens with zero attached hydrogens (tertiary/aromatic N) is 1. The molecule has 0 saturated heterocycles. The number of hydrogen-bond acceptors (Lipinski definition) is 4. The lowest BCUT2D eigenvalue weighted by atomic mass is 10.0. The Balaban J connectivity index is 1.61. The molecule has 1 aliphatic rings. The summed E-state index contributed by atoms with van der Waals surface area (Å²) in [7, 11) is -3.95. The second-order valence-corrected chi connectivity index (χ2v) is 11.2. The lowest BCUT2D eigenvalue weighted by molar-refractivity contribution is 0.0931. The zero-order valence-corrected chi connectivity index (χ0v) is 21.8. The molecular weight excluding hydrogens is 494 g/mol. The van der Waals surface area contributed by atoms with Crippen molar-refractivity contribution in [3.05, 3.63) is 138 Å². The summed E-state index contributed by atoms with van der Waals surface area (Å²) in [5.41, 5.74) is 4.88. The van der Waals surface area contributed by atoms with Crippen molar-refractivity contribution in [2.24, 2.45) is 0 Å². The Morgan fingerprint density at radius 3 is 2.18 bits per heavy atom. The lowest BCUT2D eigenvalue weighted by Gasteiger charge is -2.25. The average molecular weight is 522 g/mol. The molecule has 0 N–H and O–H groups in total. The maximum absolute atomic E-state index is 14.3. The molecule has 4 aromatic carbocycles. The Hall–Kier alpha value is -4.13. The van der Waals surface area contributed by atoms with E-state index in [0.29, 0.717) is 23.6 Å². The van der Waals surface area contributed by atoms with Crippen molar-refractivity contribution in [1.29, 1.82) is 0 Å². The molecule has 0 radical (unpaired) electrons. The number of sulfonamides is 1. The van der Waals surface area contributed by atoms with Crippen molar-refractivity contribution in [3.63, 3.8) is 0 Å². The zero-order chi connectivity index (χ0) is 26.1. The van der Waals surface area contributed by atoms with Crippen LogP contribution >= 0.6 is 0 Å². The number of anilines is 1. The highest BCUT2D eigenvalue weighted by atomic mass is 32.2. The van der Waals surface area contributed by atoms with Gasteiger partial charge in [-0.1, -0.05) is 96.6 Å². The maximum Gasteiger partial charge on any atom is 0.264 e. The molecule has 0 aliphatic carbocycles. The van der Waals surface area contributed by atoms with Crippen LogP contribution in [-0.2, 0) is 14.8 Å². The molecule has 38 heavy (non-hydrogen) atoms. The molecule has 1 aliphatic heterocycles. The van der Waals surface area contributed by atoms with Crippen molar-refractivity contribution >= 4 is 32.3 Å². The number of hydrogen-bond donors (Lipinski definition) is 0. The second kappa shape index (κ2) is 9.97. The molecule has 5 aromatic rings. The van der Waals surface area contributed by atoms with Gasteiger partial charge in [0.1, 0.15) is 17.4 Å². The molecule has 0 bridgehead atoms. The summed E-state index contributed by atoms with van der Waals surface area (Å²) in [6, 6.07) is 34.2. The Morgan fingerprint density at radius 2 is 1.45 bits per heavy atom. The lowest BCUT2D eigenvalue weighted by Crippen LogP contribution is -2.32. The molecule has 0 fully saturated rings. The first-order chi connectivity index (χ1) is 18.5. The smallest absolute Gasteiger partial charge is 0.264 e. The van der Waals surface area contributed by atoms with Crippen molar-refractivity contribution in [1.82, 2.24) is 0 Å². The molecule has 1 aromatic heterocycles. The topological polar surface area (TPSA) is 59.8 Å². The average Bonchev–Trinajstić information content (AvgIpc) is 3.34. The molecule has 5 nitrogen and oxygen atoms in total. The van der Waals surface area contributed by atoms with E-state index < -0.39 is 16.1 Å². The first-order valence-electron chi connectivity index (χ1n) is 12.5. The van der Waals surface area contributed by atoms with E-state index in [1.807, 2.05) is 110 Å². The summed E-state index contributed by atoms with van der Waals surface area (Å²) in [5.74, 6) is 0.468. The standard InChI is InChI=1S/C32H27NO4S/c1-23-16-18-27(19-17-23)38(34,35)33-21-20-26(24-10-4-2-5-11-24)22-36-31(25-12-6-3-7-13-25)32-30(33)28-14-8-9-15-29(28)37-32/h2-20,31H,21-22H2,1H3/b26-20+/t31-/m1/s1. The molecule has 6 rings (SSSR count). The second-order valence-electron chi connectivity index (χ2n) is 9.36. The fourth-order valence-corrected chi connectivity index (χ4v) is 6.30. The molecular formula is C32H27NO4S. The number of para-hydroxylation sites is 1. The molecule has 0 spiro atoms. The van der Waals surface area contributed by atoms with Gasteiger partial charge in [-0.2, -0.15) is 0 Å². The minimum absolute atomic E-state index is 0.127. The molecule has 2 heterocycles. The number of benzene rings is 4. The zero-order valence-electron chi connectivity index (χ0n) is 20.9. The van der Waals surface area contributed by atoms with Crippen LogP contribution in [0.4, 0.5) is 5.69 Å². The van der Waals surface area contributed by atoms with Gasteiger partial charge in [-0.05, 0) is 47.9 Å². The molecule has 0 unspecified atom stereocenters. The third-order valence-electron chi connectivity index (χ3n) is 6.85. The van der Waals surface area contributed by atoms with Crippen LogP contribution in [0.5, 0.6) is 0 Å². The Kier molecular flexibility index (Phi) is 6.35. The van der Waals surface area contributed by atoms with Crippen molar-refractivity contribution < 1.29 is 17.6 Å². The van der Waals surface area contributed by atoms with Gasteiger partial charge in [-0.15, -0.1) is 0 Å². The summed E-state index contributed by atoms with van der Waals surface area (Å²) in [6.07, 6.45) is 1.33. The molecule has 0 amide bonds. The number of fused-ring (bicyclic) bond motifs is 3. The van der Waals surface area contributed by atoms with E-state index in [9.17, 15) is 8.42 Å². The minimum atomic E-state index is -3.95. The number of aryl methyl sites for hydroxylation is 1. The normalized spacial score (nSPS) is 17.7. The van der Waals surface area contributed by atoms with Gasteiger partial charge in [0.2, 0.25) is 0 Å². The van der Waals surface area contributed by atoms with Gasteiger partial charge in [0, 0.05) is 5.39 Å². The van der Waals surface area contributed by atoms with Gasteiger partial charge >= 0.3 is 0 Å². The van der Waals surface area contributed by atoms with E-state index in [-0.39, 0.29) is 11.4 Å². The monoisotopic (exact) mass is 521 g/mol. The van der Waals surface area contributed by atoms with E-state index in [1.54, 1.807) is 12.1 Å². The Morgan fingerprint density at radius 1 is 0.789 bits per heavy atom. The molecule has 0 saturated carbocycles. The largest absolute Gasteiger partial charge is 0.456 e. The Labute approximate surface area is 222 Å². The van der Waals surface area contributed by atoms with Crippen LogP contribution in [-0.4, -0.2) is 21.6 Å². The van der Waals surface area contributed by atoms with Gasteiger partial charge in [0.25, 0.3) is 10.0 Å². The third-order valence-corrected chi connectivity index (χ3v) is 8.63. The molecule has 6 heteroatoms. The summed E-state index contributed by atoms with van der Waals surface area (Å²) in [6.45, 7) is 2.36. The summed E-state index contributed by atoms with van der Waals surface area (Å²) < 4.78 is 43.0. The van der Waals surface area contributed by atoms with Gasteiger partial charge in [0.05, 0.1) is 18.0 Å². The fourth-order valence-electron chi connectivity index (χ4n) is 4.86. The first kappa shape index (κ1) is 24.2. The number of rotatable bonds is 4. The van der Waals surface area contributed by atoms with Gasteiger partial charge in [-0.25, -0.2) is 8.42 Å². The fraction of sp³-hybridized carbons (Fsp3) is 0.125. The van der Waals surface area contributed by atoms with E-state index in [4.69, 9.17) is 9.15 Å². The summed E-state index contributed by atoms with van der Waals surface area (Å²) in [4.78, 5) is 0.227. The Bertz CT molecular complexity index is 1710. The summed E-state index contributed by atoms with van der Waals surface area (Å²) >= 11 is 0. The van der Waals surface area contributed by atoms with Crippen LogP contribution in [0.25, 0.3) is 16.5 Å². The molecule has 1 atom stereocenters. The van der Waals surface area contributed by atoms with E-state index in [2.05, 4.69) is 0 Å². The minimum Gasteiger partial charge on any atom is -0.456 e. The van der Waals surface area contributed by atoms with E-state index in [1.165, 1.54) is 4.31 Å². The van der Waals surface area contributed by atoms with Crippen LogP contribution in [0.15, 0.2) is 125 Å². The van der Waals surface area contributed by atoms with Crippen LogP contribution < -0.4 is 4.31 Å². The van der Waals surface area contributed by atoms with Crippen LogP contribution in [0.2, 0.25) is 0 Å². The number of furan rings is 1. The van der Waals surface area contributed by atoms with Crippen LogP contribution in [0, 0.1) is 6.92 Å². The van der Waals surface area contributed by atoms with Crippen molar-refractivity contribution in [2.45, 2.75) is 17.9 Å². The van der Waals surface area contributed by atoms with Crippen molar-refractivity contribution in [3.8, 4) is 0 Å². The van der Waals surface area contributed by atoms with Gasteiger partial charge in [-0.3, -0.25) is 4.31 Å². The predicted molar refractivity (Wildman–Crippen MR) is 151 cm³/mol. The van der Waals surface area contributed by atoms with Crippen LogP contribution in [0.3, 0.4) is 0 Å². The first-order valence-corrected chi connectivity index (χ1v) is 14.0. The highest BCUT2D eigenvalue weighted by Gasteiger charge is 2.35. The predicted octanol–water partition coefficient (Wildman–Crippen LogP) is 7.14.